The Morgan fingerprint density at radius 3 is 2.46 bits per heavy atom. The lowest BCUT2D eigenvalue weighted by Crippen LogP contribution is -2.16. The minimum absolute atomic E-state index is 0.0698. The summed E-state index contributed by atoms with van der Waals surface area (Å²) in [6.07, 6.45) is 1.36. The third-order valence-corrected chi connectivity index (χ3v) is 4.55. The molecule has 5 nitrogen and oxygen atoms in total. The van der Waals surface area contributed by atoms with Crippen LogP contribution in [0.25, 0.3) is 16.6 Å². The van der Waals surface area contributed by atoms with Gasteiger partial charge in [0, 0.05) is 18.3 Å². The Kier molecular flexibility index (Phi) is 5.39. The molecule has 0 radical (unpaired) electrons. The molecule has 0 saturated carbocycles. The number of halogens is 4. The van der Waals surface area contributed by atoms with Crippen molar-refractivity contribution >= 4 is 45.7 Å². The summed E-state index contributed by atoms with van der Waals surface area (Å²) in [5, 5.41) is 0.492. The van der Waals surface area contributed by atoms with Crippen molar-refractivity contribution in [2.75, 3.05) is 13.2 Å². The van der Waals surface area contributed by atoms with Crippen molar-refractivity contribution in [1.82, 2.24) is 9.55 Å². The fourth-order valence-electron chi connectivity index (χ4n) is 2.71. The van der Waals surface area contributed by atoms with Gasteiger partial charge >= 0.3 is 0 Å². The van der Waals surface area contributed by atoms with Gasteiger partial charge in [-0.3, -0.25) is 4.79 Å². The van der Waals surface area contributed by atoms with E-state index in [2.05, 4.69) is 4.98 Å². The van der Waals surface area contributed by atoms with E-state index >= 15 is 0 Å². The zero-order chi connectivity index (χ0) is 19.0. The summed E-state index contributed by atoms with van der Waals surface area (Å²) in [5.41, 5.74) is 6.25. The molecule has 0 aliphatic carbocycles. The van der Waals surface area contributed by atoms with Crippen LogP contribution in [0.5, 0.6) is 5.88 Å². The Balaban J connectivity index is 2.46. The number of nitrogens with zero attached hydrogens (tertiary/aromatic N) is 2. The van der Waals surface area contributed by atoms with E-state index in [-0.39, 0.29) is 44.9 Å². The molecule has 0 atom stereocenters. The first-order valence-corrected chi connectivity index (χ1v) is 8.67. The summed E-state index contributed by atoms with van der Waals surface area (Å²) < 4.78 is 20.7. The van der Waals surface area contributed by atoms with Gasteiger partial charge in [0.05, 0.1) is 32.5 Å². The summed E-state index contributed by atoms with van der Waals surface area (Å²) in [5.74, 6) is -0.477. The van der Waals surface area contributed by atoms with E-state index in [9.17, 15) is 9.18 Å². The van der Waals surface area contributed by atoms with Crippen LogP contribution in [-0.4, -0.2) is 22.7 Å². The van der Waals surface area contributed by atoms with Gasteiger partial charge < -0.3 is 15.0 Å². The second-order valence-electron chi connectivity index (χ2n) is 5.48. The monoisotopic (exact) mass is 415 g/mol. The lowest BCUT2D eigenvalue weighted by atomic mass is 10.2. The number of pyridine rings is 2. The molecule has 3 rings (SSSR count). The van der Waals surface area contributed by atoms with Crippen LogP contribution >= 0.6 is 34.8 Å². The highest BCUT2D eigenvalue weighted by Gasteiger charge is 2.20. The zero-order valence-corrected chi connectivity index (χ0v) is 15.8. The van der Waals surface area contributed by atoms with Crippen LogP contribution in [0.2, 0.25) is 15.1 Å². The molecule has 0 spiro atoms. The number of ether oxygens (including phenoxy) is 1. The molecule has 0 unspecified atom stereocenters. The Hall–Kier alpha value is -1.86. The average molecular weight is 417 g/mol. The first kappa shape index (κ1) is 18.9. The molecule has 2 aromatic heterocycles. The number of hydrogen-bond acceptors (Lipinski definition) is 4. The van der Waals surface area contributed by atoms with Crippen LogP contribution in [0.4, 0.5) is 4.39 Å². The molecule has 0 bridgehead atoms. The number of rotatable bonds is 4. The summed E-state index contributed by atoms with van der Waals surface area (Å²) >= 11 is 18.8. The molecule has 2 N–H and O–H groups in total. The van der Waals surface area contributed by atoms with Gasteiger partial charge in [-0.1, -0.05) is 34.8 Å². The van der Waals surface area contributed by atoms with Crippen molar-refractivity contribution in [3.8, 4) is 11.6 Å². The maximum atomic E-state index is 13.6. The molecule has 0 fully saturated rings. The molecule has 3 aromatic rings. The second-order valence-corrected chi connectivity index (χ2v) is 6.70. The number of benzene rings is 1. The number of nitrogens with two attached hydrogens (primary N) is 1. The maximum Gasteiger partial charge on any atom is 0.227 e. The number of fused-ring (bicyclic) bond motifs is 1. The Morgan fingerprint density at radius 1 is 1.19 bits per heavy atom. The normalized spacial score (nSPS) is 11.2. The minimum Gasteiger partial charge on any atom is -0.476 e. The highest BCUT2D eigenvalue weighted by atomic mass is 35.5. The van der Waals surface area contributed by atoms with Crippen molar-refractivity contribution in [1.29, 1.82) is 0 Å². The largest absolute Gasteiger partial charge is 0.476 e. The summed E-state index contributed by atoms with van der Waals surface area (Å²) in [7, 11) is 0. The van der Waals surface area contributed by atoms with Crippen molar-refractivity contribution in [2.45, 2.75) is 6.92 Å². The predicted molar refractivity (Wildman–Crippen MR) is 102 cm³/mol. The molecular formula is C17H13Cl3FN3O2. The highest BCUT2D eigenvalue weighted by molar-refractivity contribution is 6.38. The van der Waals surface area contributed by atoms with Gasteiger partial charge in [-0.05, 0) is 19.1 Å². The van der Waals surface area contributed by atoms with Gasteiger partial charge in [-0.25, -0.2) is 9.37 Å². The molecule has 2 heterocycles. The lowest BCUT2D eigenvalue weighted by molar-refractivity contribution is 0.319. The van der Waals surface area contributed by atoms with Gasteiger partial charge in [0.25, 0.3) is 0 Å². The Bertz CT molecular complexity index is 1050. The topological polar surface area (TPSA) is 70.1 Å². The minimum atomic E-state index is -0.577. The number of aryl methyl sites for hydroxylation is 1. The molecule has 1 aromatic carbocycles. The standard InChI is InChI=1S/C17H13Cl3FN3O2/c1-8-4-13(25)14-16(12(20)7-23-17(14)26-3-2-22)24(8)15-10(18)5-9(21)6-11(15)19/h4-7H,2-3,22H2,1H3. The molecule has 136 valence electrons. The van der Waals surface area contributed by atoms with Crippen LogP contribution in [-0.2, 0) is 0 Å². The average Bonchev–Trinajstić information content (AvgIpc) is 2.56. The van der Waals surface area contributed by atoms with Crippen LogP contribution in [0.15, 0.2) is 29.2 Å². The van der Waals surface area contributed by atoms with Crippen LogP contribution in [0.3, 0.4) is 0 Å². The molecule has 9 heteroatoms. The highest BCUT2D eigenvalue weighted by Crippen LogP contribution is 2.36. The third-order valence-electron chi connectivity index (χ3n) is 3.70. The van der Waals surface area contributed by atoms with Crippen molar-refractivity contribution < 1.29 is 9.13 Å². The van der Waals surface area contributed by atoms with Gasteiger partial charge in [0.1, 0.15) is 17.8 Å². The van der Waals surface area contributed by atoms with Crippen LogP contribution in [0.1, 0.15) is 5.69 Å². The van der Waals surface area contributed by atoms with Crippen LogP contribution < -0.4 is 15.9 Å². The van der Waals surface area contributed by atoms with Crippen molar-refractivity contribution in [2.24, 2.45) is 5.73 Å². The van der Waals surface area contributed by atoms with Crippen LogP contribution in [0, 0.1) is 12.7 Å². The van der Waals surface area contributed by atoms with Gasteiger partial charge in [0.15, 0.2) is 5.43 Å². The van der Waals surface area contributed by atoms with E-state index < -0.39 is 5.82 Å². The second kappa shape index (κ2) is 7.40. The Labute approximate surface area is 163 Å². The summed E-state index contributed by atoms with van der Waals surface area (Å²) in [6, 6.07) is 3.64. The van der Waals surface area contributed by atoms with E-state index in [4.69, 9.17) is 45.3 Å². The zero-order valence-electron chi connectivity index (χ0n) is 13.5. The first-order chi connectivity index (χ1) is 12.3. The Morgan fingerprint density at radius 2 is 1.85 bits per heavy atom. The van der Waals surface area contributed by atoms with E-state index in [1.807, 2.05) is 0 Å². The molecule has 0 saturated heterocycles. The van der Waals surface area contributed by atoms with E-state index in [1.165, 1.54) is 12.3 Å². The third kappa shape index (κ3) is 3.25. The quantitative estimate of drug-likeness (QED) is 0.694. The van der Waals surface area contributed by atoms with Gasteiger partial charge in [-0.15, -0.1) is 0 Å². The van der Waals surface area contributed by atoms with E-state index in [1.54, 1.807) is 11.5 Å². The fraction of sp³-hybridized carbons (Fsp3) is 0.176. The molecular weight excluding hydrogens is 404 g/mol. The summed E-state index contributed by atoms with van der Waals surface area (Å²) in [6.45, 7) is 2.12. The van der Waals surface area contributed by atoms with Gasteiger partial charge in [0.2, 0.25) is 5.88 Å². The molecule has 0 aliphatic rings. The van der Waals surface area contributed by atoms with Crippen molar-refractivity contribution in [3.63, 3.8) is 0 Å². The SMILES string of the molecule is Cc1cc(=O)c2c(OCCN)ncc(Cl)c2n1-c1c(Cl)cc(F)cc1Cl. The fourth-order valence-corrected chi connectivity index (χ4v) is 3.56. The van der Waals surface area contributed by atoms with E-state index in [0.717, 1.165) is 12.1 Å². The smallest absolute Gasteiger partial charge is 0.227 e. The molecule has 26 heavy (non-hydrogen) atoms. The predicted octanol–water partition coefficient (Wildman–Crippen LogP) is 4.13. The summed E-state index contributed by atoms with van der Waals surface area (Å²) in [4.78, 5) is 16.7. The van der Waals surface area contributed by atoms with Crippen molar-refractivity contribution in [3.05, 3.63) is 61.2 Å². The first-order valence-electron chi connectivity index (χ1n) is 7.53. The lowest BCUT2D eigenvalue weighted by Gasteiger charge is -2.19. The van der Waals surface area contributed by atoms with Gasteiger partial charge in [-0.2, -0.15) is 0 Å². The molecule has 0 aliphatic heterocycles. The molecule has 0 amide bonds. The number of hydrogen-bond donors (Lipinski definition) is 1. The maximum absolute atomic E-state index is 13.6. The number of aromatic nitrogens is 2. The van der Waals surface area contributed by atoms with E-state index in [0.29, 0.717) is 16.9 Å².